The monoisotopic (exact) mass is 656 g/mol. The first-order valence-electron chi connectivity index (χ1n) is 11.6. The van der Waals surface area contributed by atoms with Gasteiger partial charge in [0.05, 0.1) is 15.3 Å². The summed E-state index contributed by atoms with van der Waals surface area (Å²) in [4.78, 5) is 39.8. The molecule has 1 aliphatic rings. The summed E-state index contributed by atoms with van der Waals surface area (Å²) in [6.45, 7) is 1.65. The Bertz CT molecular complexity index is 1540. The van der Waals surface area contributed by atoms with E-state index in [0.717, 1.165) is 10.6 Å². The Balaban J connectivity index is 1.35. The SMILES string of the molecule is CCC(CC(=O)Nc1ccc(C(=O)Oc2ccc(P3(=S)SP(=S)(c4ccc(O)cc4)S3)cc2)c(O)c1)O[N+](=O)[O-]. The second-order valence-corrected chi connectivity index (χ2v) is 29.7. The number of phenolic OH excluding ortho intramolecular Hbond substituents is 2. The van der Waals surface area contributed by atoms with Crippen molar-refractivity contribution in [1.82, 2.24) is 0 Å². The van der Waals surface area contributed by atoms with E-state index >= 15 is 0 Å². The average molecular weight is 657 g/mol. The molecule has 1 atom stereocenters. The maximum absolute atomic E-state index is 12.7. The molecule has 40 heavy (non-hydrogen) atoms. The molecule has 0 aromatic heterocycles. The van der Waals surface area contributed by atoms with Gasteiger partial charge in [-0.25, -0.2) is 4.79 Å². The van der Waals surface area contributed by atoms with Gasteiger partial charge in [0.15, 0.2) is 0 Å². The van der Waals surface area contributed by atoms with Crippen molar-refractivity contribution < 1.29 is 34.5 Å². The van der Waals surface area contributed by atoms with Crippen molar-refractivity contribution in [3.05, 3.63) is 82.4 Å². The van der Waals surface area contributed by atoms with Gasteiger partial charge in [-0.15, -0.1) is 10.1 Å². The lowest BCUT2D eigenvalue weighted by molar-refractivity contribution is -0.768. The summed E-state index contributed by atoms with van der Waals surface area (Å²) in [6, 6.07) is 17.7. The molecule has 1 unspecified atom stereocenters. The average Bonchev–Trinajstić information content (AvgIpc) is 2.87. The van der Waals surface area contributed by atoms with E-state index in [0.29, 0.717) is 0 Å². The van der Waals surface area contributed by atoms with Crippen LogP contribution < -0.4 is 20.7 Å². The molecule has 1 heterocycles. The Labute approximate surface area is 247 Å². The van der Waals surface area contributed by atoms with Crippen LogP contribution in [0.2, 0.25) is 0 Å². The number of ether oxygens (including phenoxy) is 1. The molecule has 1 aliphatic heterocycles. The molecule has 16 heteroatoms. The maximum Gasteiger partial charge on any atom is 0.347 e. The lowest BCUT2D eigenvalue weighted by Crippen LogP contribution is -2.24. The number of amides is 1. The molecule has 1 fully saturated rings. The van der Waals surface area contributed by atoms with E-state index in [2.05, 4.69) is 10.2 Å². The van der Waals surface area contributed by atoms with E-state index < -0.39 is 37.7 Å². The minimum atomic E-state index is -2.01. The van der Waals surface area contributed by atoms with Crippen LogP contribution in [0.1, 0.15) is 30.1 Å². The minimum Gasteiger partial charge on any atom is -0.508 e. The molecule has 210 valence electrons. The van der Waals surface area contributed by atoms with Crippen LogP contribution in [0.4, 0.5) is 5.69 Å². The second kappa shape index (κ2) is 12.5. The molecule has 0 saturated carbocycles. The largest absolute Gasteiger partial charge is 0.508 e. The van der Waals surface area contributed by atoms with Gasteiger partial charge in [0.1, 0.15) is 28.9 Å². The fourth-order valence-electron chi connectivity index (χ4n) is 3.55. The van der Waals surface area contributed by atoms with Crippen molar-refractivity contribution in [2.24, 2.45) is 0 Å². The van der Waals surface area contributed by atoms with Crippen LogP contribution in [0.5, 0.6) is 17.2 Å². The Kier molecular flexibility index (Phi) is 9.49. The van der Waals surface area contributed by atoms with Gasteiger partial charge in [0.25, 0.3) is 5.09 Å². The summed E-state index contributed by atoms with van der Waals surface area (Å²) < 4.78 is 1.47. The van der Waals surface area contributed by atoms with Gasteiger partial charge in [-0.05, 0) is 67.1 Å². The first-order chi connectivity index (χ1) is 18.9. The molecular weight excluding hydrogens is 634 g/mol. The van der Waals surface area contributed by atoms with Gasteiger partial charge in [-0.2, -0.15) is 0 Å². The molecular formula is C24H22N2O8P2S4. The molecule has 3 aromatic carbocycles. The maximum atomic E-state index is 12.7. The van der Waals surface area contributed by atoms with Gasteiger partial charge in [0, 0.05) is 22.4 Å². The number of benzene rings is 3. The summed E-state index contributed by atoms with van der Waals surface area (Å²) in [5, 5.41) is 33.9. The molecule has 3 aromatic rings. The zero-order valence-electron chi connectivity index (χ0n) is 20.7. The smallest absolute Gasteiger partial charge is 0.347 e. The van der Waals surface area contributed by atoms with Gasteiger partial charge >= 0.3 is 5.97 Å². The van der Waals surface area contributed by atoms with Gasteiger partial charge in [-0.1, -0.05) is 52.5 Å². The van der Waals surface area contributed by atoms with Gasteiger partial charge in [-0.3, -0.25) is 4.79 Å². The van der Waals surface area contributed by atoms with E-state index in [9.17, 15) is 29.9 Å². The highest BCUT2D eigenvalue weighted by Crippen LogP contribution is 3.04. The third-order valence-electron chi connectivity index (χ3n) is 5.56. The Morgan fingerprint density at radius 1 is 1.00 bits per heavy atom. The molecule has 0 bridgehead atoms. The van der Waals surface area contributed by atoms with Crippen LogP contribution in [0.15, 0.2) is 66.7 Å². The molecule has 3 N–H and O–H groups in total. The van der Waals surface area contributed by atoms with Crippen molar-refractivity contribution in [3.8, 4) is 17.2 Å². The molecule has 0 spiro atoms. The topological polar surface area (TPSA) is 148 Å². The van der Waals surface area contributed by atoms with E-state index in [1.165, 1.54) is 18.2 Å². The first kappa shape index (κ1) is 30.4. The Morgan fingerprint density at radius 2 is 1.57 bits per heavy atom. The number of anilines is 1. The molecule has 1 saturated heterocycles. The van der Waals surface area contributed by atoms with Crippen LogP contribution in [0.3, 0.4) is 0 Å². The fourth-order valence-corrected chi connectivity index (χ4v) is 45.8. The van der Waals surface area contributed by atoms with Crippen LogP contribution >= 0.6 is 30.9 Å². The minimum absolute atomic E-state index is 0.114. The number of rotatable bonds is 10. The van der Waals surface area contributed by atoms with Crippen molar-refractivity contribution >= 4 is 82.7 Å². The van der Waals surface area contributed by atoms with E-state index in [1.54, 1.807) is 53.2 Å². The summed E-state index contributed by atoms with van der Waals surface area (Å²) in [6.07, 6.45) is -0.897. The Morgan fingerprint density at radius 3 is 2.10 bits per heavy atom. The lowest BCUT2D eigenvalue weighted by atomic mass is 10.1. The van der Waals surface area contributed by atoms with Crippen molar-refractivity contribution in [3.63, 3.8) is 0 Å². The highest BCUT2D eigenvalue weighted by molar-refractivity contribution is 9.48. The standard InChI is InChI=1S/C24H22N2O8P2S4/c1-2-17(34-26(31)32)14-23(29)25-15-3-12-21(22(28)13-15)24(30)33-18-6-10-20(11-7-18)36(38)39-35(37,40-36)19-8-4-16(27)5-9-19/h3-13,17,27-28H,2,14H2,1H3,(H,25,29). The molecule has 4 rings (SSSR count). The highest BCUT2D eigenvalue weighted by atomic mass is 33.7. The number of nitrogens with zero attached hydrogens (tertiary/aromatic N) is 1. The number of carbonyl (C=O) groups excluding carboxylic acids is 2. The normalized spacial score (nSPS) is 20.5. The summed E-state index contributed by atoms with van der Waals surface area (Å²) in [7, 11) is 0. The van der Waals surface area contributed by atoms with Crippen LogP contribution in [-0.4, -0.2) is 33.3 Å². The Hall–Kier alpha value is -2.60. The van der Waals surface area contributed by atoms with Crippen LogP contribution in [-0.2, 0) is 33.2 Å². The molecule has 10 nitrogen and oxygen atoms in total. The quantitative estimate of drug-likeness (QED) is 0.0810. The van der Waals surface area contributed by atoms with Crippen LogP contribution in [0, 0.1) is 10.1 Å². The lowest BCUT2D eigenvalue weighted by Gasteiger charge is -2.40. The summed E-state index contributed by atoms with van der Waals surface area (Å²) in [5.74, 6) is -1.31. The van der Waals surface area contributed by atoms with E-state index in [1.807, 2.05) is 24.3 Å². The van der Waals surface area contributed by atoms with Crippen molar-refractivity contribution in [2.45, 2.75) is 25.9 Å². The van der Waals surface area contributed by atoms with Crippen molar-refractivity contribution in [1.29, 1.82) is 0 Å². The van der Waals surface area contributed by atoms with Crippen molar-refractivity contribution in [2.75, 3.05) is 5.32 Å². The van der Waals surface area contributed by atoms with E-state index in [4.69, 9.17) is 28.4 Å². The van der Waals surface area contributed by atoms with Crippen LogP contribution in [0.25, 0.3) is 0 Å². The van der Waals surface area contributed by atoms with E-state index in [-0.39, 0.29) is 35.6 Å². The molecule has 1 amide bonds. The van der Waals surface area contributed by atoms with Gasteiger partial charge in [0.2, 0.25) is 5.91 Å². The highest BCUT2D eigenvalue weighted by Gasteiger charge is 2.45. The number of esters is 1. The number of nitrogens with one attached hydrogen (secondary N) is 1. The zero-order chi connectivity index (χ0) is 29.1. The zero-order valence-corrected chi connectivity index (χ0v) is 25.7. The predicted octanol–water partition coefficient (Wildman–Crippen LogP) is 5.68. The van der Waals surface area contributed by atoms with Gasteiger partial charge < -0.3 is 25.1 Å². The second-order valence-electron chi connectivity index (χ2n) is 8.40. The number of hydrogen-bond acceptors (Lipinski definition) is 12. The number of carbonyl (C=O) groups is 2. The summed E-state index contributed by atoms with van der Waals surface area (Å²) >= 11 is 15.1. The first-order valence-corrected chi connectivity index (χ1v) is 21.3. The molecule has 0 radical (unpaired) electrons. The number of hydrogen-bond donors (Lipinski definition) is 3. The third kappa shape index (κ3) is 7.18. The summed E-state index contributed by atoms with van der Waals surface area (Å²) in [5.41, 5.74) is 0.0830. The third-order valence-corrected chi connectivity index (χ3v) is 36.8. The number of phenols is 2. The predicted molar refractivity (Wildman–Crippen MR) is 166 cm³/mol. The molecule has 0 aliphatic carbocycles. The fraction of sp³-hybridized carbons (Fsp3) is 0.167. The number of aromatic hydroxyl groups is 2.